The molecule has 202 valence electrons. The van der Waals surface area contributed by atoms with Gasteiger partial charge in [0.05, 0.1) is 19.8 Å². The molecule has 2 amide bonds. The van der Waals surface area contributed by atoms with Crippen molar-refractivity contribution in [2.45, 2.75) is 45.6 Å². The van der Waals surface area contributed by atoms with Crippen LogP contribution in [0.3, 0.4) is 0 Å². The molecule has 0 saturated carbocycles. The molecule has 1 rings (SSSR count). The van der Waals surface area contributed by atoms with Gasteiger partial charge in [0, 0.05) is 30.6 Å². The molecule has 1 atom stereocenters. The summed E-state index contributed by atoms with van der Waals surface area (Å²) in [5, 5.41) is 8.86. The molecule has 3 N–H and O–H groups in total. The minimum atomic E-state index is -0.641. The van der Waals surface area contributed by atoms with Gasteiger partial charge in [-0.25, -0.2) is 0 Å². The molecule has 0 bridgehead atoms. The summed E-state index contributed by atoms with van der Waals surface area (Å²) in [6.45, 7) is 12.4. The maximum Gasteiger partial charge on any atom is 0.251 e. The first-order valence-electron chi connectivity index (χ1n) is 12.1. The van der Waals surface area contributed by atoms with Crippen LogP contribution in [0.4, 0.5) is 0 Å². The second-order valence-corrected chi connectivity index (χ2v) is 11.6. The molecule has 8 nitrogen and oxygen atoms in total. The van der Waals surface area contributed by atoms with E-state index in [4.69, 9.17) is 14.2 Å². The van der Waals surface area contributed by atoms with Crippen LogP contribution in [0.5, 0.6) is 5.75 Å². The predicted octanol–water partition coefficient (Wildman–Crippen LogP) is 3.33. The van der Waals surface area contributed by atoms with E-state index in [0.717, 1.165) is 0 Å². The summed E-state index contributed by atoms with van der Waals surface area (Å²) in [6.07, 6.45) is 1.97. The van der Waals surface area contributed by atoms with Gasteiger partial charge < -0.3 is 30.2 Å². The minimum absolute atomic E-state index is 0.0437. The summed E-state index contributed by atoms with van der Waals surface area (Å²) in [5.41, 5.74) is 0.541. The maximum atomic E-state index is 12.4. The summed E-state index contributed by atoms with van der Waals surface area (Å²) in [6, 6.07) is 7.47. The van der Waals surface area contributed by atoms with Gasteiger partial charge in [-0.2, -0.15) is 0 Å². The van der Waals surface area contributed by atoms with Crippen molar-refractivity contribution in [1.82, 2.24) is 16.0 Å². The summed E-state index contributed by atoms with van der Waals surface area (Å²) >= 11 is 0. The first-order valence-corrected chi connectivity index (χ1v) is 14.6. The smallest absolute Gasteiger partial charge is 0.251 e. The number of rotatable bonds is 17. The number of hydrogen-bond donors (Lipinski definition) is 3. The highest BCUT2D eigenvalue weighted by Crippen LogP contribution is 2.35. The van der Waals surface area contributed by atoms with Crippen molar-refractivity contribution in [3.8, 4) is 17.6 Å². The van der Waals surface area contributed by atoms with Crippen molar-refractivity contribution in [2.24, 2.45) is 5.92 Å². The molecule has 0 radical (unpaired) electrons. The first-order chi connectivity index (χ1) is 17.1. The average molecular weight is 540 g/mol. The Bertz CT molecular complexity index is 857. The van der Waals surface area contributed by atoms with Gasteiger partial charge in [-0.05, 0) is 31.4 Å². The van der Waals surface area contributed by atoms with Crippen LogP contribution < -0.4 is 20.7 Å². The summed E-state index contributed by atoms with van der Waals surface area (Å²) in [7, 11) is 3.11. The van der Waals surface area contributed by atoms with Crippen LogP contribution in [0.2, 0.25) is 0 Å². The lowest BCUT2D eigenvalue weighted by Gasteiger charge is -2.28. The molecule has 1 aromatic rings. The lowest BCUT2D eigenvalue weighted by molar-refractivity contribution is -0.126. The van der Waals surface area contributed by atoms with E-state index >= 15 is 0 Å². The fraction of sp³-hybridized carbons (Fsp3) is 0.615. The summed E-state index contributed by atoms with van der Waals surface area (Å²) in [4.78, 5) is 23.6. The molecule has 0 fully saturated rings. The van der Waals surface area contributed by atoms with Crippen molar-refractivity contribution in [3.05, 3.63) is 29.8 Å². The molecule has 0 saturated heterocycles. The number of ether oxygens (including phenoxy) is 3. The van der Waals surface area contributed by atoms with E-state index < -0.39 is 4.93 Å². The van der Waals surface area contributed by atoms with E-state index in [9.17, 15) is 9.59 Å². The Balaban J connectivity index is 2.44. The zero-order chi connectivity index (χ0) is 26.8. The van der Waals surface area contributed by atoms with E-state index in [-0.39, 0.29) is 37.6 Å². The molecule has 0 aliphatic rings. The maximum absolute atomic E-state index is 12.4. The van der Waals surface area contributed by atoms with E-state index in [2.05, 4.69) is 41.6 Å². The van der Waals surface area contributed by atoms with E-state index in [1.165, 1.54) is 10.8 Å². The van der Waals surface area contributed by atoms with Crippen molar-refractivity contribution in [1.29, 1.82) is 0 Å². The fourth-order valence-corrected chi connectivity index (χ4v) is 4.71. The largest absolute Gasteiger partial charge is 0.490 e. The molecular formula is C26H41N3O5S2. The van der Waals surface area contributed by atoms with Crippen LogP contribution in [0.1, 0.15) is 45.0 Å². The normalized spacial score (nSPS) is 12.6. The third-order valence-electron chi connectivity index (χ3n) is 4.45. The summed E-state index contributed by atoms with van der Waals surface area (Å²) < 4.78 is 17.4. The highest BCUT2D eigenvalue weighted by molar-refractivity contribution is 8.76. The first kappa shape index (κ1) is 32.1. The Hall–Kier alpha value is -1.90. The Labute approximate surface area is 224 Å². The van der Waals surface area contributed by atoms with Crippen LogP contribution >= 0.6 is 21.6 Å². The van der Waals surface area contributed by atoms with Gasteiger partial charge in [0.15, 0.2) is 4.93 Å². The number of carbonyl (C=O) groups excluding carboxylic acids is 2. The van der Waals surface area contributed by atoms with Crippen molar-refractivity contribution < 1.29 is 23.8 Å². The Morgan fingerprint density at radius 3 is 2.58 bits per heavy atom. The highest BCUT2D eigenvalue weighted by atomic mass is 33.1. The third-order valence-corrected chi connectivity index (χ3v) is 6.77. The molecule has 0 aliphatic carbocycles. The topological polar surface area (TPSA) is 97.9 Å². The monoisotopic (exact) mass is 539 g/mol. The Morgan fingerprint density at radius 1 is 1.11 bits per heavy atom. The SMILES string of the molecule is CSSC(C)(COc1cccc(C(=O)NCCNC(C)C)c1)OCCOCC(=O)NCC#CC(C)C. The molecule has 0 aromatic heterocycles. The molecule has 36 heavy (non-hydrogen) atoms. The van der Waals surface area contributed by atoms with Crippen LogP contribution in [0, 0.1) is 17.8 Å². The van der Waals surface area contributed by atoms with E-state index in [1.54, 1.807) is 29.0 Å². The van der Waals surface area contributed by atoms with E-state index in [0.29, 0.717) is 43.6 Å². The van der Waals surface area contributed by atoms with E-state index in [1.807, 2.05) is 33.1 Å². The predicted molar refractivity (Wildman–Crippen MR) is 149 cm³/mol. The van der Waals surface area contributed by atoms with Crippen LogP contribution in [0.15, 0.2) is 24.3 Å². The molecule has 1 aromatic carbocycles. The van der Waals surface area contributed by atoms with Gasteiger partial charge in [-0.1, -0.05) is 67.2 Å². The van der Waals surface area contributed by atoms with Gasteiger partial charge in [-0.15, -0.1) is 0 Å². The second kappa shape index (κ2) is 18.4. The van der Waals surface area contributed by atoms with Gasteiger partial charge in [0.1, 0.15) is 19.0 Å². The molecule has 0 aliphatic heterocycles. The lowest BCUT2D eigenvalue weighted by Crippen LogP contribution is -2.34. The van der Waals surface area contributed by atoms with Crippen molar-refractivity contribution in [3.63, 3.8) is 0 Å². The zero-order valence-corrected chi connectivity index (χ0v) is 23.9. The summed E-state index contributed by atoms with van der Waals surface area (Å²) in [5.74, 6) is 6.40. The molecular weight excluding hydrogens is 498 g/mol. The lowest BCUT2D eigenvalue weighted by atomic mass is 10.2. The molecule has 0 heterocycles. The number of nitrogens with one attached hydrogen (secondary N) is 3. The number of benzene rings is 1. The van der Waals surface area contributed by atoms with Gasteiger partial charge >= 0.3 is 0 Å². The van der Waals surface area contributed by atoms with Crippen LogP contribution in [0.25, 0.3) is 0 Å². The van der Waals surface area contributed by atoms with Crippen LogP contribution in [-0.4, -0.2) is 75.1 Å². The highest BCUT2D eigenvalue weighted by Gasteiger charge is 2.27. The Morgan fingerprint density at radius 2 is 1.89 bits per heavy atom. The van der Waals surface area contributed by atoms with Crippen molar-refractivity contribution in [2.75, 3.05) is 52.3 Å². The molecule has 10 heteroatoms. The zero-order valence-electron chi connectivity index (χ0n) is 22.3. The number of amides is 2. The van der Waals surface area contributed by atoms with Gasteiger partial charge in [-0.3, -0.25) is 9.59 Å². The van der Waals surface area contributed by atoms with Crippen molar-refractivity contribution >= 4 is 33.4 Å². The molecule has 1 unspecified atom stereocenters. The quantitative estimate of drug-likeness (QED) is 0.120. The van der Waals surface area contributed by atoms with Gasteiger partial charge in [0.25, 0.3) is 5.91 Å². The Kier molecular flexibility index (Phi) is 16.4. The third kappa shape index (κ3) is 15.3. The average Bonchev–Trinajstić information content (AvgIpc) is 2.83. The standard InChI is InChI=1S/C26H41N3O5S2/c1-20(2)9-8-12-28-24(30)18-32-15-16-34-26(5,36-35-6)19-33-23-11-7-10-22(17-23)25(31)29-14-13-27-21(3)4/h7,10-11,17,20-21,27H,12-16,18-19H2,1-6H3,(H,28,30)(H,29,31). The fourth-order valence-electron chi connectivity index (χ4n) is 2.78. The number of carbonyl (C=O) groups is 2. The molecule has 0 spiro atoms. The number of hydrogen-bond acceptors (Lipinski definition) is 8. The van der Waals surface area contributed by atoms with Crippen LogP contribution in [-0.2, 0) is 14.3 Å². The minimum Gasteiger partial charge on any atom is -0.490 e. The van der Waals surface area contributed by atoms with Gasteiger partial charge in [0.2, 0.25) is 5.91 Å². The second-order valence-electron chi connectivity index (χ2n) is 8.72.